The van der Waals surface area contributed by atoms with Crippen LogP contribution in [0.3, 0.4) is 0 Å². The summed E-state index contributed by atoms with van der Waals surface area (Å²) in [6.07, 6.45) is -4.32. The molecule has 162 valence electrons. The second kappa shape index (κ2) is 8.42. The minimum absolute atomic E-state index is 0.0351. The molecule has 0 radical (unpaired) electrons. The first kappa shape index (κ1) is 21.8. The lowest BCUT2D eigenvalue weighted by Gasteiger charge is -2.27. The summed E-state index contributed by atoms with van der Waals surface area (Å²) < 4.78 is 74.9. The van der Waals surface area contributed by atoms with Gasteiger partial charge in [-0.05, 0) is 30.3 Å². The Morgan fingerprint density at radius 1 is 1.17 bits per heavy atom. The van der Waals surface area contributed by atoms with Crippen molar-refractivity contribution in [3.05, 3.63) is 54.1 Å². The zero-order valence-corrected chi connectivity index (χ0v) is 16.7. The zero-order valence-electron chi connectivity index (χ0n) is 15.8. The standard InChI is InChI=1S/C19H19F3N2O5S/c1-30(26,27)24(14-6-4-5-13(9-14)19(20,21)22)11-18(25)23-10-15-12-28-16-7-2-3-8-17(16)29-15/h2-9,15H,10-12H2,1H3,(H,23,25). The Morgan fingerprint density at radius 3 is 2.53 bits per heavy atom. The summed E-state index contributed by atoms with van der Waals surface area (Å²) in [5.74, 6) is 0.401. The molecule has 1 aliphatic rings. The highest BCUT2D eigenvalue weighted by atomic mass is 32.2. The summed E-state index contributed by atoms with van der Waals surface area (Å²) in [4.78, 5) is 12.3. The van der Waals surface area contributed by atoms with Crippen LogP contribution in [-0.2, 0) is 21.0 Å². The van der Waals surface area contributed by atoms with Gasteiger partial charge in [0.25, 0.3) is 0 Å². The predicted octanol–water partition coefficient (Wildman–Crippen LogP) is 2.43. The highest BCUT2D eigenvalue weighted by Crippen LogP contribution is 2.32. The lowest BCUT2D eigenvalue weighted by Crippen LogP contribution is -2.45. The van der Waals surface area contributed by atoms with E-state index in [0.717, 1.165) is 18.4 Å². The van der Waals surface area contributed by atoms with Crippen molar-refractivity contribution in [1.82, 2.24) is 5.32 Å². The molecule has 2 aromatic rings. The van der Waals surface area contributed by atoms with Crippen molar-refractivity contribution in [3.8, 4) is 11.5 Å². The Hall–Kier alpha value is -2.95. The van der Waals surface area contributed by atoms with Crippen molar-refractivity contribution in [1.29, 1.82) is 0 Å². The van der Waals surface area contributed by atoms with Crippen LogP contribution in [0.4, 0.5) is 18.9 Å². The van der Waals surface area contributed by atoms with Crippen LogP contribution in [0.2, 0.25) is 0 Å². The molecule has 0 fully saturated rings. The Bertz CT molecular complexity index is 1030. The van der Waals surface area contributed by atoms with Crippen LogP contribution in [0.5, 0.6) is 11.5 Å². The van der Waals surface area contributed by atoms with E-state index in [1.54, 1.807) is 24.3 Å². The molecule has 1 unspecified atom stereocenters. The van der Waals surface area contributed by atoms with E-state index in [1.165, 1.54) is 6.07 Å². The van der Waals surface area contributed by atoms with E-state index in [1.807, 2.05) is 0 Å². The van der Waals surface area contributed by atoms with Crippen molar-refractivity contribution < 1.29 is 35.9 Å². The first-order valence-corrected chi connectivity index (χ1v) is 10.7. The molecule has 1 aliphatic heterocycles. The van der Waals surface area contributed by atoms with Crippen LogP contribution in [0, 0.1) is 0 Å². The van der Waals surface area contributed by atoms with Gasteiger partial charge >= 0.3 is 6.18 Å². The third-order valence-corrected chi connectivity index (χ3v) is 5.38. The third kappa shape index (κ3) is 5.35. The Balaban J connectivity index is 1.66. The van der Waals surface area contributed by atoms with Crippen LogP contribution in [0.25, 0.3) is 0 Å². The number of alkyl halides is 3. The summed E-state index contributed by atoms with van der Waals surface area (Å²) in [6.45, 7) is -0.460. The van der Waals surface area contributed by atoms with Crippen LogP contribution < -0.4 is 19.1 Å². The molecular formula is C19H19F3N2O5S. The second-order valence-electron chi connectivity index (χ2n) is 6.62. The van der Waals surface area contributed by atoms with Gasteiger partial charge in [0.15, 0.2) is 11.5 Å². The lowest BCUT2D eigenvalue weighted by atomic mass is 10.2. The average molecular weight is 444 g/mol. The fourth-order valence-electron chi connectivity index (χ4n) is 2.82. The highest BCUT2D eigenvalue weighted by Gasteiger charge is 2.32. The van der Waals surface area contributed by atoms with Gasteiger partial charge in [-0.3, -0.25) is 9.10 Å². The smallest absolute Gasteiger partial charge is 0.416 e. The highest BCUT2D eigenvalue weighted by molar-refractivity contribution is 7.92. The number of para-hydroxylation sites is 2. The fraction of sp³-hybridized carbons (Fsp3) is 0.316. The minimum atomic E-state index is -4.64. The topological polar surface area (TPSA) is 84.9 Å². The molecule has 0 aromatic heterocycles. The van der Waals surface area contributed by atoms with E-state index in [9.17, 15) is 26.4 Å². The van der Waals surface area contributed by atoms with Gasteiger partial charge in [0.2, 0.25) is 15.9 Å². The number of carbonyl (C=O) groups is 1. The van der Waals surface area contributed by atoms with Crippen molar-refractivity contribution in [3.63, 3.8) is 0 Å². The number of anilines is 1. The molecule has 11 heteroatoms. The summed E-state index contributed by atoms with van der Waals surface area (Å²) >= 11 is 0. The van der Waals surface area contributed by atoms with Crippen molar-refractivity contribution in [2.75, 3.05) is 30.3 Å². The molecule has 0 saturated heterocycles. The number of nitrogens with one attached hydrogen (secondary N) is 1. The number of sulfonamides is 1. The lowest BCUT2D eigenvalue weighted by molar-refractivity contribution is -0.137. The van der Waals surface area contributed by atoms with Crippen molar-refractivity contribution in [2.45, 2.75) is 12.3 Å². The fourth-order valence-corrected chi connectivity index (χ4v) is 3.66. The van der Waals surface area contributed by atoms with Gasteiger partial charge in [-0.1, -0.05) is 18.2 Å². The van der Waals surface area contributed by atoms with Gasteiger partial charge in [-0.25, -0.2) is 8.42 Å². The zero-order chi connectivity index (χ0) is 21.9. The van der Waals surface area contributed by atoms with Crippen LogP contribution in [-0.4, -0.2) is 46.4 Å². The number of carbonyl (C=O) groups excluding carboxylic acids is 1. The number of rotatable bonds is 6. The number of halogens is 3. The number of hydrogen-bond donors (Lipinski definition) is 1. The maximum absolute atomic E-state index is 12.9. The summed E-state index contributed by atoms with van der Waals surface area (Å²) in [6, 6.07) is 10.8. The molecule has 2 aromatic carbocycles. The molecule has 1 amide bonds. The maximum atomic E-state index is 12.9. The monoisotopic (exact) mass is 444 g/mol. The molecule has 1 N–H and O–H groups in total. The van der Waals surface area contributed by atoms with E-state index in [0.29, 0.717) is 21.9 Å². The van der Waals surface area contributed by atoms with Gasteiger partial charge in [-0.15, -0.1) is 0 Å². The van der Waals surface area contributed by atoms with E-state index in [-0.39, 0.29) is 18.8 Å². The first-order chi connectivity index (χ1) is 14.0. The molecule has 1 atom stereocenters. The van der Waals surface area contributed by atoms with E-state index in [2.05, 4.69) is 5.32 Å². The summed E-state index contributed by atoms with van der Waals surface area (Å²) in [7, 11) is -4.01. The largest absolute Gasteiger partial charge is 0.486 e. The van der Waals surface area contributed by atoms with Gasteiger partial charge in [-0.2, -0.15) is 13.2 Å². The first-order valence-electron chi connectivity index (χ1n) is 8.84. The Labute approximate surface area is 171 Å². The number of hydrogen-bond acceptors (Lipinski definition) is 5. The minimum Gasteiger partial charge on any atom is -0.486 e. The van der Waals surface area contributed by atoms with Crippen LogP contribution in [0.1, 0.15) is 5.56 Å². The van der Waals surface area contributed by atoms with Gasteiger partial charge < -0.3 is 14.8 Å². The second-order valence-corrected chi connectivity index (χ2v) is 8.53. The Morgan fingerprint density at radius 2 is 1.87 bits per heavy atom. The molecule has 30 heavy (non-hydrogen) atoms. The van der Waals surface area contributed by atoms with E-state index >= 15 is 0 Å². The molecule has 1 heterocycles. The molecule has 0 saturated carbocycles. The molecule has 0 bridgehead atoms. The van der Waals surface area contributed by atoms with Gasteiger partial charge in [0.05, 0.1) is 24.1 Å². The van der Waals surface area contributed by atoms with Crippen molar-refractivity contribution in [2.24, 2.45) is 0 Å². The molecule has 0 spiro atoms. The number of fused-ring (bicyclic) bond motifs is 1. The summed E-state index contributed by atoms with van der Waals surface area (Å²) in [5, 5.41) is 2.53. The normalized spacial score (nSPS) is 16.1. The number of benzene rings is 2. The van der Waals surface area contributed by atoms with Gasteiger partial charge in [0.1, 0.15) is 19.3 Å². The maximum Gasteiger partial charge on any atom is 0.416 e. The molecular weight excluding hydrogens is 425 g/mol. The number of nitrogens with zero attached hydrogens (tertiary/aromatic N) is 1. The van der Waals surface area contributed by atoms with E-state index < -0.39 is 40.3 Å². The predicted molar refractivity (Wildman–Crippen MR) is 103 cm³/mol. The molecule has 7 nitrogen and oxygen atoms in total. The molecule has 0 aliphatic carbocycles. The van der Waals surface area contributed by atoms with Crippen LogP contribution >= 0.6 is 0 Å². The van der Waals surface area contributed by atoms with Gasteiger partial charge in [0, 0.05) is 0 Å². The van der Waals surface area contributed by atoms with Crippen molar-refractivity contribution >= 4 is 21.6 Å². The van der Waals surface area contributed by atoms with Crippen LogP contribution in [0.15, 0.2) is 48.5 Å². The number of ether oxygens (including phenoxy) is 2. The SMILES string of the molecule is CS(=O)(=O)N(CC(=O)NCC1COc2ccccc2O1)c1cccc(C(F)(F)F)c1. The average Bonchev–Trinajstić information content (AvgIpc) is 2.69. The summed E-state index contributed by atoms with van der Waals surface area (Å²) in [5.41, 5.74) is -1.27. The van der Waals surface area contributed by atoms with E-state index in [4.69, 9.17) is 9.47 Å². The molecule has 3 rings (SSSR count). The quantitative estimate of drug-likeness (QED) is 0.740. The Kier molecular flexibility index (Phi) is 6.11. The third-order valence-electron chi connectivity index (χ3n) is 4.24. The number of amides is 1.